The fourth-order valence-electron chi connectivity index (χ4n) is 12.5. The molecule has 0 spiro atoms. The Morgan fingerprint density at radius 3 is 2.21 bits per heavy atom. The zero-order chi connectivity index (χ0) is 31.1. The number of carbonyl (C=O) groups is 2. The number of fused-ring (bicyclic) bond motifs is 7. The van der Waals surface area contributed by atoms with Gasteiger partial charge in [0.05, 0.1) is 18.9 Å². The molecule has 0 aromatic heterocycles. The number of terminal acetylenes is 1. The highest BCUT2D eigenvalue weighted by molar-refractivity contribution is 5.82. The largest absolute Gasteiger partial charge is 0.469 e. The minimum Gasteiger partial charge on any atom is -0.469 e. The standard InChI is InChI=1S/C38H58O4/c1-12-38-20-15-25(24(2)3)31(38)26-13-14-28-35(8)18-17-29(42-30(39)23-33(4,5)32(40)41-11)34(6,7)27(35)16-19-37(28,10)36(26,9)21-22-38/h1,25-29,31H,2,13-23H2,3-11H3/t25-,26?,27?,28?,29-,31?,35-,36+,37+,38+/m0/s1. The second-order valence-electron chi connectivity index (χ2n) is 17.4. The number of hydrogen-bond donors (Lipinski definition) is 0. The summed E-state index contributed by atoms with van der Waals surface area (Å²) in [5.41, 5.74) is 1.15. The third-order valence-electron chi connectivity index (χ3n) is 14.9. The van der Waals surface area contributed by atoms with E-state index in [-0.39, 0.29) is 51.5 Å². The van der Waals surface area contributed by atoms with Gasteiger partial charge in [-0.25, -0.2) is 0 Å². The van der Waals surface area contributed by atoms with Crippen molar-refractivity contribution in [2.24, 2.45) is 62.1 Å². The van der Waals surface area contributed by atoms with Crippen molar-refractivity contribution in [1.29, 1.82) is 0 Å². The van der Waals surface area contributed by atoms with Crippen LogP contribution in [0.15, 0.2) is 12.2 Å². The van der Waals surface area contributed by atoms with Crippen molar-refractivity contribution in [2.45, 2.75) is 132 Å². The van der Waals surface area contributed by atoms with Gasteiger partial charge in [-0.3, -0.25) is 9.59 Å². The van der Waals surface area contributed by atoms with E-state index in [4.69, 9.17) is 15.9 Å². The molecular formula is C38H58O4. The molecule has 4 heteroatoms. The maximum atomic E-state index is 13.1. The SMILES string of the molecule is C#C[C@]12CC[C@@H](C(=C)C)C1C1CCC3[C@@]4(C)CC[C@H](OC(=O)CC(C)(C)C(=O)OC)C(C)(C)C4CC[C@@]3(C)[C@]1(C)CC2. The van der Waals surface area contributed by atoms with Gasteiger partial charge in [0.1, 0.15) is 6.10 Å². The van der Waals surface area contributed by atoms with Crippen LogP contribution >= 0.6 is 0 Å². The van der Waals surface area contributed by atoms with Crippen molar-refractivity contribution in [3.63, 3.8) is 0 Å². The minimum absolute atomic E-state index is 0.0418. The summed E-state index contributed by atoms with van der Waals surface area (Å²) in [6.07, 6.45) is 18.0. The summed E-state index contributed by atoms with van der Waals surface area (Å²) in [4.78, 5) is 25.3. The molecule has 42 heavy (non-hydrogen) atoms. The lowest BCUT2D eigenvalue weighted by Crippen LogP contribution is -2.66. The molecule has 234 valence electrons. The lowest BCUT2D eigenvalue weighted by atomic mass is 9.32. The number of hydrogen-bond acceptors (Lipinski definition) is 4. The second-order valence-corrected chi connectivity index (χ2v) is 17.4. The van der Waals surface area contributed by atoms with E-state index in [0.717, 1.165) is 12.8 Å². The van der Waals surface area contributed by atoms with Gasteiger partial charge in [0, 0.05) is 10.8 Å². The van der Waals surface area contributed by atoms with Crippen molar-refractivity contribution < 1.29 is 19.1 Å². The fraction of sp³-hybridized carbons (Fsp3) is 0.842. The molecule has 5 saturated carbocycles. The van der Waals surface area contributed by atoms with Crippen molar-refractivity contribution in [2.75, 3.05) is 7.11 Å². The van der Waals surface area contributed by atoms with Gasteiger partial charge in [-0.2, -0.15) is 0 Å². The van der Waals surface area contributed by atoms with E-state index < -0.39 is 5.41 Å². The number of rotatable bonds is 5. The average Bonchev–Trinajstić information content (AvgIpc) is 3.30. The third kappa shape index (κ3) is 4.29. The first-order valence-electron chi connectivity index (χ1n) is 16.8. The van der Waals surface area contributed by atoms with E-state index in [1.54, 1.807) is 13.8 Å². The first kappa shape index (κ1) is 31.7. The number of esters is 2. The van der Waals surface area contributed by atoms with Gasteiger partial charge in [-0.05, 0) is 131 Å². The average molecular weight is 579 g/mol. The van der Waals surface area contributed by atoms with E-state index in [0.29, 0.717) is 29.6 Å². The normalized spacial score (nSPS) is 45.7. The zero-order valence-corrected chi connectivity index (χ0v) is 28.2. The summed E-state index contributed by atoms with van der Waals surface area (Å²) in [5.74, 6) is 5.68. The number of allylic oxidation sites excluding steroid dienone is 1. The second kappa shape index (κ2) is 10.1. The lowest BCUT2D eigenvalue weighted by Gasteiger charge is -2.72. The highest BCUT2D eigenvalue weighted by Crippen LogP contribution is 2.77. The summed E-state index contributed by atoms with van der Waals surface area (Å²) < 4.78 is 11.2. The summed E-state index contributed by atoms with van der Waals surface area (Å²) >= 11 is 0. The predicted octanol–water partition coefficient (Wildman–Crippen LogP) is 8.78. The van der Waals surface area contributed by atoms with E-state index in [9.17, 15) is 9.59 Å². The Morgan fingerprint density at radius 2 is 1.60 bits per heavy atom. The molecule has 0 aromatic carbocycles. The van der Waals surface area contributed by atoms with Gasteiger partial charge >= 0.3 is 11.9 Å². The van der Waals surface area contributed by atoms with Crippen LogP contribution in [-0.2, 0) is 19.1 Å². The Labute approximate surface area is 256 Å². The van der Waals surface area contributed by atoms with Crippen molar-refractivity contribution in [3.05, 3.63) is 12.2 Å². The van der Waals surface area contributed by atoms with Crippen LogP contribution in [-0.4, -0.2) is 25.2 Å². The first-order valence-corrected chi connectivity index (χ1v) is 16.8. The Bertz CT molecular complexity index is 1170. The molecule has 0 amide bonds. The summed E-state index contributed by atoms with van der Waals surface area (Å²) in [7, 11) is 1.37. The summed E-state index contributed by atoms with van der Waals surface area (Å²) in [5, 5.41) is 0. The summed E-state index contributed by atoms with van der Waals surface area (Å²) in [6.45, 7) is 22.8. The Morgan fingerprint density at radius 1 is 0.905 bits per heavy atom. The van der Waals surface area contributed by atoms with Gasteiger partial charge in [-0.15, -0.1) is 6.42 Å². The monoisotopic (exact) mass is 578 g/mol. The molecule has 0 aromatic rings. The topological polar surface area (TPSA) is 52.6 Å². The van der Waals surface area contributed by atoms with Gasteiger partial charge in [0.25, 0.3) is 0 Å². The van der Waals surface area contributed by atoms with Gasteiger partial charge in [0.15, 0.2) is 0 Å². The predicted molar refractivity (Wildman–Crippen MR) is 168 cm³/mol. The molecule has 5 rings (SSSR count). The molecule has 5 fully saturated rings. The van der Waals surface area contributed by atoms with Gasteiger partial charge < -0.3 is 9.47 Å². The molecule has 0 bridgehead atoms. The van der Waals surface area contributed by atoms with Crippen LogP contribution in [0.3, 0.4) is 0 Å². The molecule has 10 atom stereocenters. The quantitative estimate of drug-likeness (QED) is 0.186. The molecule has 0 radical (unpaired) electrons. The first-order chi connectivity index (χ1) is 19.4. The van der Waals surface area contributed by atoms with E-state index in [1.165, 1.54) is 64.0 Å². The van der Waals surface area contributed by atoms with E-state index in [2.05, 4.69) is 54.0 Å². The van der Waals surface area contributed by atoms with Crippen LogP contribution in [0.25, 0.3) is 0 Å². The van der Waals surface area contributed by atoms with Gasteiger partial charge in [0.2, 0.25) is 0 Å². The molecular weight excluding hydrogens is 520 g/mol. The highest BCUT2D eigenvalue weighted by atomic mass is 16.5. The van der Waals surface area contributed by atoms with Crippen LogP contribution in [0.5, 0.6) is 0 Å². The highest BCUT2D eigenvalue weighted by Gasteiger charge is 2.71. The number of ether oxygens (including phenoxy) is 2. The molecule has 0 aliphatic heterocycles. The Balaban J connectivity index is 1.40. The summed E-state index contributed by atoms with van der Waals surface area (Å²) in [6, 6.07) is 0. The van der Waals surface area contributed by atoms with Gasteiger partial charge in [-0.1, -0.05) is 52.7 Å². The molecule has 5 aliphatic carbocycles. The zero-order valence-electron chi connectivity index (χ0n) is 28.2. The minimum atomic E-state index is -0.890. The molecule has 0 heterocycles. The van der Waals surface area contributed by atoms with Crippen LogP contribution in [0, 0.1) is 74.4 Å². The van der Waals surface area contributed by atoms with E-state index >= 15 is 0 Å². The molecule has 4 unspecified atom stereocenters. The maximum Gasteiger partial charge on any atom is 0.311 e. The number of methoxy groups -OCH3 is 1. The van der Waals surface area contributed by atoms with E-state index in [1.807, 2.05) is 0 Å². The van der Waals surface area contributed by atoms with Crippen molar-refractivity contribution in [3.8, 4) is 12.3 Å². The van der Waals surface area contributed by atoms with Crippen LogP contribution in [0.2, 0.25) is 0 Å². The Hall–Kier alpha value is -1.76. The molecule has 0 N–H and O–H groups in total. The number of carbonyl (C=O) groups excluding carboxylic acids is 2. The van der Waals surface area contributed by atoms with Crippen LogP contribution < -0.4 is 0 Å². The third-order valence-corrected chi connectivity index (χ3v) is 14.9. The van der Waals surface area contributed by atoms with Crippen LogP contribution in [0.1, 0.15) is 126 Å². The fourth-order valence-corrected chi connectivity index (χ4v) is 12.5. The molecule has 4 nitrogen and oxygen atoms in total. The van der Waals surface area contributed by atoms with Crippen molar-refractivity contribution in [1.82, 2.24) is 0 Å². The molecule has 0 saturated heterocycles. The Kier molecular flexibility index (Phi) is 7.64. The smallest absolute Gasteiger partial charge is 0.311 e. The van der Waals surface area contributed by atoms with Crippen LogP contribution in [0.4, 0.5) is 0 Å². The lowest BCUT2D eigenvalue weighted by molar-refractivity contribution is -0.247. The van der Waals surface area contributed by atoms with Crippen molar-refractivity contribution >= 4 is 11.9 Å². The molecule has 5 aliphatic rings. The maximum absolute atomic E-state index is 13.1.